The van der Waals surface area contributed by atoms with Gasteiger partial charge in [0.1, 0.15) is 5.71 Å². The zero-order valence-corrected chi connectivity index (χ0v) is 18.8. The molecule has 2 aliphatic carbocycles. The second kappa shape index (κ2) is 7.82. The number of carbonyl (C=O) groups is 2. The van der Waals surface area contributed by atoms with Crippen LogP contribution >= 0.6 is 0 Å². The number of hydrogen-bond acceptors (Lipinski definition) is 4. The Labute approximate surface area is 179 Å². The summed E-state index contributed by atoms with van der Waals surface area (Å²) in [5.74, 6) is 0.151. The number of fused-ring (bicyclic) bond motifs is 2. The van der Waals surface area contributed by atoms with Crippen LogP contribution in [0.5, 0.6) is 0 Å². The lowest BCUT2D eigenvalue weighted by molar-refractivity contribution is 0.0993. The van der Waals surface area contributed by atoms with Crippen LogP contribution in [0.4, 0.5) is 0 Å². The van der Waals surface area contributed by atoms with Crippen LogP contribution in [0.1, 0.15) is 90.9 Å². The van der Waals surface area contributed by atoms with E-state index in [0.717, 1.165) is 17.5 Å². The predicted molar refractivity (Wildman–Crippen MR) is 120 cm³/mol. The summed E-state index contributed by atoms with van der Waals surface area (Å²) in [4.78, 5) is 23.1. The molecule has 4 rings (SSSR count). The number of rotatable bonds is 0. The van der Waals surface area contributed by atoms with Crippen molar-refractivity contribution in [3.63, 3.8) is 0 Å². The molecule has 4 nitrogen and oxygen atoms in total. The number of nitrogens with zero attached hydrogens (tertiary/aromatic N) is 1. The minimum atomic E-state index is -0.155. The fraction of sp³-hybridized carbons (Fsp3) is 0.423. The van der Waals surface area contributed by atoms with Crippen molar-refractivity contribution in [1.29, 1.82) is 0 Å². The normalized spacial score (nSPS) is 16.9. The summed E-state index contributed by atoms with van der Waals surface area (Å²) in [6, 6.07) is 12.1. The molecule has 0 spiro atoms. The van der Waals surface area contributed by atoms with Crippen molar-refractivity contribution in [3.05, 3.63) is 69.8 Å². The van der Waals surface area contributed by atoms with Crippen molar-refractivity contribution in [2.45, 2.75) is 71.6 Å². The van der Waals surface area contributed by atoms with E-state index in [9.17, 15) is 9.59 Å². The Hall–Kier alpha value is -2.75. The van der Waals surface area contributed by atoms with Crippen LogP contribution in [0.25, 0.3) is 0 Å². The van der Waals surface area contributed by atoms with Gasteiger partial charge in [0.25, 0.3) is 0 Å². The first-order valence-electron chi connectivity index (χ1n) is 10.5. The van der Waals surface area contributed by atoms with Crippen LogP contribution in [0.15, 0.2) is 41.6 Å². The lowest BCUT2D eigenvalue weighted by Gasteiger charge is -2.19. The average Bonchev–Trinajstić information content (AvgIpc) is 3.20. The minimum absolute atomic E-state index is 0.0667. The highest BCUT2D eigenvalue weighted by molar-refractivity contribution is 6.49. The van der Waals surface area contributed by atoms with Gasteiger partial charge in [-0.3, -0.25) is 9.59 Å². The van der Waals surface area contributed by atoms with Gasteiger partial charge >= 0.3 is 0 Å². The van der Waals surface area contributed by atoms with E-state index in [-0.39, 0.29) is 22.3 Å². The summed E-state index contributed by atoms with van der Waals surface area (Å²) in [7, 11) is 0. The number of hydrogen-bond donors (Lipinski definition) is 1. The fourth-order valence-electron chi connectivity index (χ4n) is 3.85. The second-order valence-corrected chi connectivity index (χ2v) is 10.2. The summed E-state index contributed by atoms with van der Waals surface area (Å²) in [5, 5.41) is 11.7. The summed E-state index contributed by atoms with van der Waals surface area (Å²) < 4.78 is 0. The van der Waals surface area contributed by atoms with Crippen LogP contribution in [0.3, 0.4) is 0 Å². The third-order valence-corrected chi connectivity index (χ3v) is 5.85. The van der Waals surface area contributed by atoms with E-state index in [1.165, 1.54) is 16.7 Å². The molecule has 0 bridgehead atoms. The largest absolute Gasteiger partial charge is 0.411 e. The highest BCUT2D eigenvalue weighted by Gasteiger charge is 2.28. The molecule has 0 fully saturated rings. The third-order valence-electron chi connectivity index (χ3n) is 5.85. The number of carbonyl (C=O) groups excluding carboxylic acids is 2. The Balaban J connectivity index is 0.000000172. The smallest absolute Gasteiger partial charge is 0.211 e. The molecular formula is C26H31NO3. The average molecular weight is 406 g/mol. The van der Waals surface area contributed by atoms with E-state index < -0.39 is 0 Å². The molecule has 0 aromatic heterocycles. The first-order valence-corrected chi connectivity index (χ1v) is 10.5. The van der Waals surface area contributed by atoms with Gasteiger partial charge in [0.2, 0.25) is 5.78 Å². The van der Waals surface area contributed by atoms with E-state index in [1.54, 1.807) is 0 Å². The molecule has 0 aliphatic heterocycles. The molecule has 158 valence electrons. The summed E-state index contributed by atoms with van der Waals surface area (Å²) in [6.45, 7) is 13.0. The number of Topliss-reactive ketones (excluding diaryl/α,β-unsaturated/α-hetero) is 2. The topological polar surface area (TPSA) is 66.7 Å². The molecular weight excluding hydrogens is 374 g/mol. The Morgan fingerprint density at radius 3 is 1.83 bits per heavy atom. The van der Waals surface area contributed by atoms with Crippen LogP contribution in [0.2, 0.25) is 0 Å². The number of benzene rings is 2. The maximum Gasteiger partial charge on any atom is 0.211 e. The van der Waals surface area contributed by atoms with Crippen molar-refractivity contribution < 1.29 is 14.8 Å². The molecule has 0 radical (unpaired) electrons. The molecule has 0 saturated heterocycles. The number of aryl methyl sites for hydroxylation is 1. The van der Waals surface area contributed by atoms with Crippen molar-refractivity contribution in [1.82, 2.24) is 0 Å². The quantitative estimate of drug-likeness (QED) is 0.454. The summed E-state index contributed by atoms with van der Waals surface area (Å²) in [6.07, 6.45) is 2.07. The predicted octanol–water partition coefficient (Wildman–Crippen LogP) is 5.67. The van der Waals surface area contributed by atoms with Gasteiger partial charge in [0.15, 0.2) is 5.78 Å². The lowest BCUT2D eigenvalue weighted by atomic mass is 9.85. The molecule has 0 amide bonds. The summed E-state index contributed by atoms with van der Waals surface area (Å²) in [5.41, 5.74) is 6.81. The fourth-order valence-corrected chi connectivity index (χ4v) is 3.85. The van der Waals surface area contributed by atoms with Crippen molar-refractivity contribution in [3.8, 4) is 0 Å². The van der Waals surface area contributed by atoms with Gasteiger partial charge in [-0.25, -0.2) is 0 Å². The molecule has 30 heavy (non-hydrogen) atoms. The van der Waals surface area contributed by atoms with Crippen LogP contribution in [-0.4, -0.2) is 22.5 Å². The Morgan fingerprint density at radius 1 is 0.767 bits per heavy atom. The standard InChI is InChI=1S/C13H15NO2.C13H16O/c1-13(2,3)9-4-5-10-8(6-9)7-11(14-16)12(10)15;1-13(2,3)10-5-6-11-9(8-10)4-7-12(11)14/h4-6,16H,7H2,1-3H3;5-6,8H,4,7H2,1-3H3. The van der Waals surface area contributed by atoms with Gasteiger partial charge in [-0.1, -0.05) is 83.1 Å². The lowest BCUT2D eigenvalue weighted by Crippen LogP contribution is -2.11. The van der Waals surface area contributed by atoms with Crippen LogP contribution in [-0.2, 0) is 23.7 Å². The first kappa shape index (κ1) is 21.9. The second-order valence-electron chi connectivity index (χ2n) is 10.2. The van der Waals surface area contributed by atoms with Crippen molar-refractivity contribution in [2.24, 2.45) is 5.16 Å². The molecule has 0 saturated carbocycles. The van der Waals surface area contributed by atoms with E-state index in [2.05, 4.69) is 58.8 Å². The van der Waals surface area contributed by atoms with Gasteiger partial charge in [0.05, 0.1) is 0 Å². The van der Waals surface area contributed by atoms with E-state index >= 15 is 0 Å². The van der Waals surface area contributed by atoms with Crippen molar-refractivity contribution in [2.75, 3.05) is 0 Å². The Bertz CT molecular complexity index is 1030. The zero-order valence-electron chi connectivity index (χ0n) is 18.8. The number of oxime groups is 1. The zero-order chi connectivity index (χ0) is 22.3. The Kier molecular flexibility index (Phi) is 5.72. The SMILES string of the molecule is CC(C)(C)c1ccc2c(c1)CC(=NO)C2=O.CC(C)(C)c1ccc2c(c1)CCC2=O. The van der Waals surface area contributed by atoms with Crippen molar-refractivity contribution >= 4 is 17.3 Å². The van der Waals surface area contributed by atoms with E-state index in [4.69, 9.17) is 5.21 Å². The van der Waals surface area contributed by atoms with Gasteiger partial charge < -0.3 is 5.21 Å². The van der Waals surface area contributed by atoms with Gasteiger partial charge in [-0.05, 0) is 39.5 Å². The monoisotopic (exact) mass is 405 g/mol. The molecule has 4 heteroatoms. The first-order chi connectivity index (χ1) is 13.9. The molecule has 0 atom stereocenters. The maximum absolute atomic E-state index is 11.7. The summed E-state index contributed by atoms with van der Waals surface area (Å²) >= 11 is 0. The van der Waals surface area contributed by atoms with Gasteiger partial charge in [-0.15, -0.1) is 0 Å². The maximum atomic E-state index is 11.7. The molecule has 0 heterocycles. The van der Waals surface area contributed by atoms with Crippen LogP contribution < -0.4 is 0 Å². The van der Waals surface area contributed by atoms with Gasteiger partial charge in [0, 0.05) is 24.0 Å². The molecule has 1 N–H and O–H groups in total. The highest BCUT2D eigenvalue weighted by Crippen LogP contribution is 2.29. The van der Waals surface area contributed by atoms with E-state index in [1.807, 2.05) is 24.3 Å². The molecule has 0 unspecified atom stereocenters. The molecule has 2 aromatic rings. The Morgan fingerprint density at radius 2 is 1.30 bits per heavy atom. The minimum Gasteiger partial charge on any atom is -0.411 e. The molecule has 2 aromatic carbocycles. The van der Waals surface area contributed by atoms with E-state index in [0.29, 0.717) is 24.2 Å². The van der Waals surface area contributed by atoms with Gasteiger partial charge in [-0.2, -0.15) is 0 Å². The van der Waals surface area contributed by atoms with Crippen LogP contribution in [0, 0.1) is 0 Å². The number of ketones is 2. The third kappa shape index (κ3) is 4.38. The molecule has 2 aliphatic rings. The highest BCUT2D eigenvalue weighted by atomic mass is 16.4.